The first-order chi connectivity index (χ1) is 8.72. The highest BCUT2D eigenvalue weighted by Gasteiger charge is 2.08. The molecule has 0 spiro atoms. The molecule has 0 unspecified atom stereocenters. The largest absolute Gasteiger partial charge is 0.547 e. The third kappa shape index (κ3) is 10.5. The molecule has 18 heavy (non-hydrogen) atoms. The number of carbonyl (C=O) groups excluding carboxylic acids is 1. The van der Waals surface area contributed by atoms with Gasteiger partial charge in [0.05, 0.1) is 5.97 Å². The van der Waals surface area contributed by atoms with Gasteiger partial charge in [0.25, 0.3) is 0 Å². The number of rotatable bonds is 13. The van der Waals surface area contributed by atoms with E-state index in [4.69, 9.17) is 5.26 Å². The zero-order valence-electron chi connectivity index (χ0n) is 11.5. The van der Waals surface area contributed by atoms with Gasteiger partial charge in [0.1, 0.15) is 6.10 Å². The Hall–Kier alpha value is -0.610. The van der Waals surface area contributed by atoms with Crippen molar-refractivity contribution in [3.63, 3.8) is 0 Å². The Balaban J connectivity index is 3.18. The Labute approximate surface area is 110 Å². The van der Waals surface area contributed by atoms with E-state index in [2.05, 4.69) is 11.8 Å². The van der Waals surface area contributed by atoms with Gasteiger partial charge in [-0.3, -0.25) is 5.26 Å². The molecule has 1 N–H and O–H groups in total. The van der Waals surface area contributed by atoms with Gasteiger partial charge in [0.2, 0.25) is 0 Å². The molecular formula is C14H27O4-. The minimum Gasteiger partial charge on any atom is -0.547 e. The molecule has 0 fully saturated rings. The molecule has 0 saturated carbocycles. The van der Waals surface area contributed by atoms with Crippen LogP contribution in [0.15, 0.2) is 0 Å². The normalized spacial score (nSPS) is 12.6. The third-order valence-corrected chi connectivity index (χ3v) is 3.21. The van der Waals surface area contributed by atoms with Gasteiger partial charge >= 0.3 is 0 Å². The molecule has 0 aliphatic carbocycles. The second-order valence-electron chi connectivity index (χ2n) is 4.88. The highest BCUT2D eigenvalue weighted by molar-refractivity contribution is 5.69. The zero-order valence-corrected chi connectivity index (χ0v) is 11.5. The van der Waals surface area contributed by atoms with Crippen LogP contribution in [0.25, 0.3) is 0 Å². The van der Waals surface area contributed by atoms with Crippen molar-refractivity contribution in [1.29, 1.82) is 0 Å². The van der Waals surface area contributed by atoms with E-state index in [1.54, 1.807) is 0 Å². The molecule has 0 saturated heterocycles. The monoisotopic (exact) mass is 259 g/mol. The Bertz CT molecular complexity index is 194. The molecule has 0 aromatic heterocycles. The van der Waals surface area contributed by atoms with Crippen molar-refractivity contribution < 1.29 is 20.0 Å². The summed E-state index contributed by atoms with van der Waals surface area (Å²) in [7, 11) is 0. The van der Waals surface area contributed by atoms with Crippen molar-refractivity contribution in [3.05, 3.63) is 0 Å². The summed E-state index contributed by atoms with van der Waals surface area (Å²) in [5.74, 6) is -1.34. The average Bonchev–Trinajstić information content (AvgIpc) is 2.35. The number of aliphatic carboxylic acids is 1. The van der Waals surface area contributed by atoms with E-state index >= 15 is 0 Å². The number of unbranched alkanes of at least 4 members (excludes halogenated alkanes) is 9. The van der Waals surface area contributed by atoms with Crippen molar-refractivity contribution in [3.8, 4) is 0 Å². The van der Waals surface area contributed by atoms with E-state index in [0.717, 1.165) is 19.3 Å². The van der Waals surface area contributed by atoms with Crippen molar-refractivity contribution in [2.45, 2.75) is 83.7 Å². The molecular weight excluding hydrogens is 232 g/mol. The maximum atomic E-state index is 10.4. The third-order valence-electron chi connectivity index (χ3n) is 3.21. The summed E-state index contributed by atoms with van der Waals surface area (Å²) in [6.45, 7) is 2.22. The molecule has 0 amide bonds. The molecule has 0 rings (SSSR count). The van der Waals surface area contributed by atoms with Crippen molar-refractivity contribution in [2.24, 2.45) is 0 Å². The van der Waals surface area contributed by atoms with Crippen LogP contribution in [-0.2, 0) is 9.68 Å². The molecule has 0 heterocycles. The van der Waals surface area contributed by atoms with Gasteiger partial charge in [-0.15, -0.1) is 0 Å². The maximum absolute atomic E-state index is 10.4. The maximum Gasteiger partial charge on any atom is 0.132 e. The lowest BCUT2D eigenvalue weighted by Gasteiger charge is -2.13. The predicted octanol–water partition coefficient (Wildman–Crippen LogP) is 2.91. The molecule has 0 bridgehead atoms. The lowest BCUT2D eigenvalue weighted by Crippen LogP contribution is -2.36. The summed E-state index contributed by atoms with van der Waals surface area (Å²) in [4.78, 5) is 14.3. The summed E-state index contributed by atoms with van der Waals surface area (Å²) in [6, 6.07) is 0. The SMILES string of the molecule is CCCCCCCCCCCC[C@@H](OO)C(=O)[O-]. The molecule has 4 heteroatoms. The van der Waals surface area contributed by atoms with Crippen LogP contribution in [0.5, 0.6) is 0 Å². The summed E-state index contributed by atoms with van der Waals surface area (Å²) < 4.78 is 0. The molecule has 108 valence electrons. The molecule has 1 atom stereocenters. The molecule has 0 aromatic rings. The average molecular weight is 259 g/mol. The van der Waals surface area contributed by atoms with Crippen LogP contribution in [0.2, 0.25) is 0 Å². The van der Waals surface area contributed by atoms with Gasteiger partial charge in [0, 0.05) is 0 Å². The first kappa shape index (κ1) is 17.4. The van der Waals surface area contributed by atoms with Gasteiger partial charge in [-0.1, -0.05) is 71.1 Å². The van der Waals surface area contributed by atoms with Crippen molar-refractivity contribution in [2.75, 3.05) is 0 Å². The number of carboxylic acids is 1. The second kappa shape index (κ2) is 12.8. The molecule has 0 aliphatic heterocycles. The Morgan fingerprint density at radius 2 is 1.44 bits per heavy atom. The van der Waals surface area contributed by atoms with E-state index in [0.29, 0.717) is 6.42 Å². The quantitative estimate of drug-likeness (QED) is 0.314. The van der Waals surface area contributed by atoms with Crippen LogP contribution in [-0.4, -0.2) is 17.3 Å². The van der Waals surface area contributed by atoms with Crippen molar-refractivity contribution in [1.82, 2.24) is 0 Å². The summed E-state index contributed by atoms with van der Waals surface area (Å²) >= 11 is 0. The van der Waals surface area contributed by atoms with Crippen LogP contribution in [0, 0.1) is 0 Å². The molecule has 0 aliphatic rings. The number of hydrogen-bond donors (Lipinski definition) is 1. The Morgan fingerprint density at radius 3 is 1.83 bits per heavy atom. The Kier molecular flexibility index (Phi) is 12.4. The van der Waals surface area contributed by atoms with Crippen LogP contribution in [0.3, 0.4) is 0 Å². The highest BCUT2D eigenvalue weighted by Crippen LogP contribution is 2.12. The van der Waals surface area contributed by atoms with Crippen LogP contribution in [0.4, 0.5) is 0 Å². The predicted molar refractivity (Wildman–Crippen MR) is 69.0 cm³/mol. The van der Waals surface area contributed by atoms with Crippen LogP contribution >= 0.6 is 0 Å². The van der Waals surface area contributed by atoms with Gasteiger partial charge in [-0.2, -0.15) is 0 Å². The first-order valence-corrected chi connectivity index (χ1v) is 7.23. The fraction of sp³-hybridized carbons (Fsp3) is 0.929. The number of carboxylic acid groups (broad SMARTS) is 1. The fourth-order valence-corrected chi connectivity index (χ4v) is 2.03. The van der Waals surface area contributed by atoms with Gasteiger partial charge in [0.15, 0.2) is 0 Å². The zero-order chi connectivity index (χ0) is 13.6. The minimum absolute atomic E-state index is 0.329. The van der Waals surface area contributed by atoms with Crippen LogP contribution in [0.1, 0.15) is 77.6 Å². The topological polar surface area (TPSA) is 69.6 Å². The van der Waals surface area contributed by atoms with E-state index in [1.807, 2.05) is 0 Å². The Morgan fingerprint density at radius 1 is 1.00 bits per heavy atom. The summed E-state index contributed by atoms with van der Waals surface area (Å²) in [5.41, 5.74) is 0. The molecule has 4 nitrogen and oxygen atoms in total. The van der Waals surface area contributed by atoms with Crippen LogP contribution < -0.4 is 5.11 Å². The van der Waals surface area contributed by atoms with Gasteiger partial charge in [-0.25, -0.2) is 4.89 Å². The summed E-state index contributed by atoms with van der Waals surface area (Å²) in [6.07, 6.45) is 11.1. The van der Waals surface area contributed by atoms with Gasteiger partial charge in [-0.05, 0) is 6.42 Å². The smallest absolute Gasteiger partial charge is 0.132 e. The second-order valence-corrected chi connectivity index (χ2v) is 4.88. The lowest BCUT2D eigenvalue weighted by molar-refractivity contribution is -0.348. The highest BCUT2D eigenvalue weighted by atomic mass is 17.1. The van der Waals surface area contributed by atoms with Gasteiger partial charge < -0.3 is 9.90 Å². The number of hydrogen-bond acceptors (Lipinski definition) is 4. The van der Waals surface area contributed by atoms with Crippen molar-refractivity contribution >= 4 is 5.97 Å². The molecule has 0 radical (unpaired) electrons. The van der Waals surface area contributed by atoms with E-state index in [9.17, 15) is 9.90 Å². The minimum atomic E-state index is -1.34. The first-order valence-electron chi connectivity index (χ1n) is 7.23. The van der Waals surface area contributed by atoms with E-state index < -0.39 is 12.1 Å². The number of carbonyl (C=O) groups is 1. The van der Waals surface area contributed by atoms with E-state index in [1.165, 1.54) is 44.9 Å². The molecule has 0 aromatic carbocycles. The summed E-state index contributed by atoms with van der Waals surface area (Å²) in [5, 5.41) is 18.7. The fourth-order valence-electron chi connectivity index (χ4n) is 2.03. The lowest BCUT2D eigenvalue weighted by atomic mass is 10.0. The van der Waals surface area contributed by atoms with E-state index in [-0.39, 0.29) is 0 Å². The standard InChI is InChI=1S/C14H28O4/c1-2-3-4-5-6-7-8-9-10-11-12-13(18-17)14(15)16/h13,17H,2-12H2,1H3,(H,15,16)/p-1/t13-/m1/s1.